The molecule has 0 spiro atoms. The number of halogens is 3. The third-order valence-electron chi connectivity index (χ3n) is 4.85. The van der Waals surface area contributed by atoms with Gasteiger partial charge in [-0.15, -0.1) is 0 Å². The van der Waals surface area contributed by atoms with Crippen molar-refractivity contribution >= 4 is 29.2 Å². The van der Waals surface area contributed by atoms with Crippen LogP contribution in [0.4, 0.5) is 4.39 Å². The number of nitrogens with zero attached hydrogens (tertiary/aromatic N) is 3. The number of ether oxygens (including phenoxy) is 1. The van der Waals surface area contributed by atoms with Crippen LogP contribution in [-0.2, 0) is 0 Å². The number of aromatic nitrogens is 3. The van der Waals surface area contributed by atoms with Crippen molar-refractivity contribution in [2.75, 3.05) is 7.11 Å². The molecule has 162 valence electrons. The summed E-state index contributed by atoms with van der Waals surface area (Å²) < 4.78 is 20.7. The largest absolute Gasteiger partial charge is 0.481 e. The van der Waals surface area contributed by atoms with Gasteiger partial charge in [-0.1, -0.05) is 35.3 Å². The van der Waals surface area contributed by atoms with E-state index in [1.165, 1.54) is 25.3 Å². The van der Waals surface area contributed by atoms with Crippen molar-refractivity contribution in [3.63, 3.8) is 0 Å². The second-order valence-electron chi connectivity index (χ2n) is 6.90. The first-order valence-corrected chi connectivity index (χ1v) is 10.1. The van der Waals surface area contributed by atoms with Crippen LogP contribution in [0.1, 0.15) is 16.1 Å². The summed E-state index contributed by atoms with van der Waals surface area (Å²) in [7, 11) is 1.48. The van der Waals surface area contributed by atoms with Crippen LogP contribution < -0.4 is 4.74 Å². The van der Waals surface area contributed by atoms with E-state index in [2.05, 4.69) is 9.97 Å². The highest BCUT2D eigenvalue weighted by Gasteiger charge is 2.27. The minimum absolute atomic E-state index is 0.143. The molecule has 0 radical (unpaired) electrons. The van der Waals surface area contributed by atoms with Crippen molar-refractivity contribution in [3.05, 3.63) is 81.7 Å². The van der Waals surface area contributed by atoms with Crippen LogP contribution in [-0.4, -0.2) is 32.7 Å². The summed E-state index contributed by atoms with van der Waals surface area (Å²) in [6.45, 7) is 1.86. The van der Waals surface area contributed by atoms with Gasteiger partial charge in [0.1, 0.15) is 11.5 Å². The van der Waals surface area contributed by atoms with E-state index >= 15 is 0 Å². The number of methoxy groups -OCH3 is 1. The number of aryl methyl sites for hydroxylation is 1. The molecule has 6 nitrogen and oxygen atoms in total. The first-order valence-electron chi connectivity index (χ1n) is 9.39. The molecule has 0 saturated heterocycles. The number of hydrogen-bond donors (Lipinski definition) is 1. The molecular formula is C23H16Cl2FN3O3. The highest BCUT2D eigenvalue weighted by Crippen LogP contribution is 2.36. The molecule has 1 N–H and O–H groups in total. The number of rotatable bonds is 5. The average molecular weight is 472 g/mol. The Morgan fingerprint density at radius 3 is 2.56 bits per heavy atom. The van der Waals surface area contributed by atoms with E-state index in [0.717, 1.165) is 5.56 Å². The van der Waals surface area contributed by atoms with Gasteiger partial charge in [0.15, 0.2) is 11.5 Å². The number of carboxylic acid groups (broad SMARTS) is 1. The Balaban J connectivity index is 2.14. The molecule has 2 aromatic carbocycles. The number of aromatic carboxylic acids is 1. The molecule has 0 saturated carbocycles. The Kier molecular flexibility index (Phi) is 5.86. The minimum Gasteiger partial charge on any atom is -0.481 e. The van der Waals surface area contributed by atoms with Gasteiger partial charge in [-0.25, -0.2) is 19.2 Å². The van der Waals surface area contributed by atoms with E-state index in [-0.39, 0.29) is 22.2 Å². The quantitative estimate of drug-likeness (QED) is 0.382. The van der Waals surface area contributed by atoms with Crippen molar-refractivity contribution in [1.29, 1.82) is 0 Å². The third kappa shape index (κ3) is 3.92. The molecule has 4 rings (SSSR count). The summed E-state index contributed by atoms with van der Waals surface area (Å²) in [4.78, 5) is 21.0. The zero-order valence-corrected chi connectivity index (χ0v) is 18.4. The molecular weight excluding hydrogens is 456 g/mol. The van der Waals surface area contributed by atoms with Crippen molar-refractivity contribution < 1.29 is 19.0 Å². The second kappa shape index (κ2) is 8.61. The second-order valence-corrected chi connectivity index (χ2v) is 7.74. The van der Waals surface area contributed by atoms with Crippen LogP contribution in [0.15, 0.2) is 54.6 Å². The van der Waals surface area contributed by atoms with Crippen LogP contribution in [0.5, 0.6) is 5.88 Å². The summed E-state index contributed by atoms with van der Waals surface area (Å²) in [5, 5.41) is 10.3. The highest BCUT2D eigenvalue weighted by molar-refractivity contribution is 6.31. The van der Waals surface area contributed by atoms with Crippen molar-refractivity contribution in [2.45, 2.75) is 6.92 Å². The lowest BCUT2D eigenvalue weighted by molar-refractivity contribution is 0.0692. The van der Waals surface area contributed by atoms with Crippen LogP contribution in [0, 0.1) is 12.7 Å². The van der Waals surface area contributed by atoms with Crippen LogP contribution in [0.3, 0.4) is 0 Å². The maximum atomic E-state index is 13.9. The zero-order valence-electron chi connectivity index (χ0n) is 16.9. The number of carboxylic acids is 1. The average Bonchev–Trinajstić information content (AvgIpc) is 3.18. The molecule has 0 fully saturated rings. The van der Waals surface area contributed by atoms with Gasteiger partial charge in [-0.05, 0) is 48.9 Å². The monoisotopic (exact) mass is 471 g/mol. The van der Waals surface area contributed by atoms with E-state index < -0.39 is 11.8 Å². The maximum Gasteiger partial charge on any atom is 0.356 e. The lowest BCUT2D eigenvalue weighted by atomic mass is 10.1. The SMILES string of the molecule is COc1cccc(-c2nc(C(=O)O)c(-c3ccc(F)c(Cl)c3)n2-c2cc(Cl)ccc2C)n1. The van der Waals surface area contributed by atoms with E-state index in [0.29, 0.717) is 27.8 Å². The number of benzene rings is 2. The van der Waals surface area contributed by atoms with E-state index in [1.807, 2.05) is 13.0 Å². The Hall–Kier alpha value is -3.42. The Morgan fingerprint density at radius 2 is 1.88 bits per heavy atom. The standard InChI is InChI=1S/C23H16Cl2FN3O3/c1-12-6-8-14(24)11-18(12)29-21(13-7-9-16(26)15(25)10-13)20(23(30)31)28-22(29)17-4-3-5-19(27-17)32-2/h3-11H,1-2H3,(H,30,31). The van der Waals surface area contributed by atoms with Gasteiger partial charge >= 0.3 is 5.97 Å². The molecule has 2 aromatic heterocycles. The third-order valence-corrected chi connectivity index (χ3v) is 5.37. The number of hydrogen-bond acceptors (Lipinski definition) is 4. The summed E-state index contributed by atoms with van der Waals surface area (Å²) >= 11 is 12.3. The number of imidazole rings is 1. The van der Waals surface area contributed by atoms with E-state index in [4.69, 9.17) is 27.9 Å². The Bertz CT molecular complexity index is 1350. The molecule has 2 heterocycles. The van der Waals surface area contributed by atoms with Gasteiger partial charge in [0.2, 0.25) is 5.88 Å². The van der Waals surface area contributed by atoms with Gasteiger partial charge in [-0.3, -0.25) is 4.57 Å². The molecule has 32 heavy (non-hydrogen) atoms. The maximum absolute atomic E-state index is 13.9. The van der Waals surface area contributed by atoms with Crippen LogP contribution >= 0.6 is 23.2 Å². The normalized spacial score (nSPS) is 10.9. The fourth-order valence-electron chi connectivity index (χ4n) is 3.36. The molecule has 0 bridgehead atoms. The van der Waals surface area contributed by atoms with Gasteiger partial charge < -0.3 is 9.84 Å². The van der Waals surface area contributed by atoms with E-state index in [1.54, 1.807) is 34.9 Å². The van der Waals surface area contributed by atoms with E-state index in [9.17, 15) is 14.3 Å². The molecule has 9 heteroatoms. The van der Waals surface area contributed by atoms with Crippen molar-refractivity contribution in [3.8, 4) is 34.3 Å². The Labute approximate surface area is 192 Å². The minimum atomic E-state index is -1.26. The van der Waals surface area contributed by atoms with Gasteiger partial charge in [0.05, 0.1) is 23.5 Å². The van der Waals surface area contributed by atoms with Crippen molar-refractivity contribution in [1.82, 2.24) is 14.5 Å². The predicted octanol–water partition coefficient (Wildman–Crippen LogP) is 6.06. The molecule has 0 aliphatic rings. The first-order chi connectivity index (χ1) is 15.3. The molecule has 0 unspecified atom stereocenters. The fourth-order valence-corrected chi connectivity index (χ4v) is 3.71. The first kappa shape index (κ1) is 21.8. The number of carbonyl (C=O) groups is 1. The summed E-state index contributed by atoms with van der Waals surface area (Å²) in [5.41, 5.74) is 2.12. The van der Waals surface area contributed by atoms with Crippen molar-refractivity contribution in [2.24, 2.45) is 0 Å². The Morgan fingerprint density at radius 1 is 1.09 bits per heavy atom. The molecule has 4 aromatic rings. The van der Waals surface area contributed by atoms with Gasteiger partial charge in [0, 0.05) is 16.7 Å². The molecule has 0 aliphatic carbocycles. The topological polar surface area (TPSA) is 77.2 Å². The molecule has 0 atom stereocenters. The number of pyridine rings is 1. The van der Waals surface area contributed by atoms with Gasteiger partial charge in [-0.2, -0.15) is 0 Å². The lowest BCUT2D eigenvalue weighted by Gasteiger charge is -2.16. The van der Waals surface area contributed by atoms with Crippen LogP contribution in [0.25, 0.3) is 28.5 Å². The molecule has 0 aliphatic heterocycles. The van der Waals surface area contributed by atoms with Crippen LogP contribution in [0.2, 0.25) is 10.0 Å². The van der Waals surface area contributed by atoms with Gasteiger partial charge in [0.25, 0.3) is 0 Å². The lowest BCUT2D eigenvalue weighted by Crippen LogP contribution is -2.05. The zero-order chi connectivity index (χ0) is 23.0. The smallest absolute Gasteiger partial charge is 0.356 e. The fraction of sp³-hybridized carbons (Fsp3) is 0.0870. The summed E-state index contributed by atoms with van der Waals surface area (Å²) in [6.07, 6.45) is 0. The molecule has 0 amide bonds. The highest BCUT2D eigenvalue weighted by atomic mass is 35.5. The summed E-state index contributed by atoms with van der Waals surface area (Å²) in [5.74, 6) is -1.29. The predicted molar refractivity (Wildman–Crippen MR) is 120 cm³/mol. The summed E-state index contributed by atoms with van der Waals surface area (Å²) in [6, 6.07) is 14.3.